The quantitative estimate of drug-likeness (QED) is 0.613. The second kappa shape index (κ2) is 4.92. The summed E-state index contributed by atoms with van der Waals surface area (Å²) in [6.07, 6.45) is 3.84. The van der Waals surface area contributed by atoms with Gasteiger partial charge < -0.3 is 4.42 Å². The van der Waals surface area contributed by atoms with E-state index in [0.717, 1.165) is 11.1 Å². The van der Waals surface area contributed by atoms with Crippen LogP contribution < -0.4 is 11.3 Å². The van der Waals surface area contributed by atoms with E-state index in [2.05, 4.69) is 5.43 Å². The van der Waals surface area contributed by atoms with Gasteiger partial charge in [0.1, 0.15) is 5.82 Å². The standard InChI is InChI=1S/C12H13FN2O/c13-11-3-1-2-9(6-11)7-12(15-14)10-4-5-16-8-10/h1-6,8,12,15H,7,14H2. The van der Waals surface area contributed by atoms with E-state index in [4.69, 9.17) is 10.3 Å². The molecule has 0 aliphatic heterocycles. The summed E-state index contributed by atoms with van der Waals surface area (Å²) < 4.78 is 18.0. The van der Waals surface area contributed by atoms with Crippen molar-refractivity contribution in [1.82, 2.24) is 5.43 Å². The predicted octanol–water partition coefficient (Wildman–Crippen LogP) is 2.17. The van der Waals surface area contributed by atoms with Gasteiger partial charge in [0, 0.05) is 5.56 Å². The molecule has 0 amide bonds. The van der Waals surface area contributed by atoms with Crippen LogP contribution in [-0.4, -0.2) is 0 Å². The molecule has 3 N–H and O–H groups in total. The summed E-state index contributed by atoms with van der Waals surface area (Å²) in [5.74, 6) is 5.23. The van der Waals surface area contributed by atoms with E-state index in [1.54, 1.807) is 18.6 Å². The molecule has 0 saturated heterocycles. The fraction of sp³-hybridized carbons (Fsp3) is 0.167. The molecule has 2 rings (SSSR count). The number of rotatable bonds is 4. The lowest BCUT2D eigenvalue weighted by Crippen LogP contribution is -2.29. The van der Waals surface area contributed by atoms with E-state index >= 15 is 0 Å². The van der Waals surface area contributed by atoms with Gasteiger partial charge in [-0.15, -0.1) is 0 Å². The zero-order valence-corrected chi connectivity index (χ0v) is 8.69. The van der Waals surface area contributed by atoms with Gasteiger partial charge in [-0.2, -0.15) is 0 Å². The summed E-state index contributed by atoms with van der Waals surface area (Å²) in [6, 6.07) is 8.25. The number of hydrogen-bond donors (Lipinski definition) is 2. The highest BCUT2D eigenvalue weighted by Crippen LogP contribution is 2.18. The van der Waals surface area contributed by atoms with Crippen LogP contribution in [0.25, 0.3) is 0 Å². The molecule has 0 saturated carbocycles. The molecule has 16 heavy (non-hydrogen) atoms. The maximum absolute atomic E-state index is 13.0. The zero-order chi connectivity index (χ0) is 11.4. The van der Waals surface area contributed by atoms with Crippen LogP contribution in [0.5, 0.6) is 0 Å². The normalized spacial score (nSPS) is 12.6. The first-order valence-corrected chi connectivity index (χ1v) is 5.02. The molecule has 2 aromatic rings. The largest absolute Gasteiger partial charge is 0.472 e. The van der Waals surface area contributed by atoms with Crippen molar-refractivity contribution in [3.8, 4) is 0 Å². The summed E-state index contributed by atoms with van der Waals surface area (Å²) in [5, 5.41) is 0. The Hall–Kier alpha value is -1.65. The Morgan fingerprint density at radius 3 is 2.88 bits per heavy atom. The number of halogens is 1. The fourth-order valence-corrected chi connectivity index (χ4v) is 1.65. The molecular formula is C12H13FN2O. The van der Waals surface area contributed by atoms with Crippen LogP contribution in [0.3, 0.4) is 0 Å². The molecule has 4 heteroatoms. The van der Waals surface area contributed by atoms with Crippen molar-refractivity contribution in [3.63, 3.8) is 0 Å². The molecular weight excluding hydrogens is 207 g/mol. The Balaban J connectivity index is 2.13. The molecule has 0 bridgehead atoms. The third-order valence-electron chi connectivity index (χ3n) is 2.48. The van der Waals surface area contributed by atoms with E-state index in [1.807, 2.05) is 12.1 Å². The van der Waals surface area contributed by atoms with Crippen molar-refractivity contribution >= 4 is 0 Å². The molecule has 0 aliphatic rings. The van der Waals surface area contributed by atoms with Gasteiger partial charge in [-0.1, -0.05) is 12.1 Å². The number of benzene rings is 1. The minimum Gasteiger partial charge on any atom is -0.472 e. The maximum Gasteiger partial charge on any atom is 0.123 e. The highest BCUT2D eigenvalue weighted by Gasteiger charge is 2.11. The van der Waals surface area contributed by atoms with Gasteiger partial charge in [0.25, 0.3) is 0 Å². The van der Waals surface area contributed by atoms with Crippen LogP contribution in [0.15, 0.2) is 47.3 Å². The number of hydrogen-bond acceptors (Lipinski definition) is 3. The lowest BCUT2D eigenvalue weighted by Gasteiger charge is -2.13. The Morgan fingerprint density at radius 1 is 1.38 bits per heavy atom. The summed E-state index contributed by atoms with van der Waals surface area (Å²) in [4.78, 5) is 0. The van der Waals surface area contributed by atoms with Crippen molar-refractivity contribution in [2.75, 3.05) is 0 Å². The predicted molar refractivity (Wildman–Crippen MR) is 58.9 cm³/mol. The maximum atomic E-state index is 13.0. The first kappa shape index (κ1) is 10.9. The SMILES string of the molecule is NNC(Cc1cccc(F)c1)c1ccoc1. The lowest BCUT2D eigenvalue weighted by molar-refractivity contribution is 0.524. The van der Waals surface area contributed by atoms with Gasteiger partial charge >= 0.3 is 0 Å². The molecule has 0 aliphatic carbocycles. The average molecular weight is 220 g/mol. The van der Waals surface area contributed by atoms with Crippen molar-refractivity contribution in [1.29, 1.82) is 0 Å². The van der Waals surface area contributed by atoms with E-state index in [1.165, 1.54) is 12.1 Å². The van der Waals surface area contributed by atoms with Crippen LogP contribution in [0, 0.1) is 5.82 Å². The lowest BCUT2D eigenvalue weighted by atomic mass is 10.0. The van der Waals surface area contributed by atoms with E-state index in [9.17, 15) is 4.39 Å². The van der Waals surface area contributed by atoms with Gasteiger partial charge in [-0.25, -0.2) is 4.39 Å². The van der Waals surface area contributed by atoms with E-state index in [-0.39, 0.29) is 11.9 Å². The van der Waals surface area contributed by atoms with Crippen molar-refractivity contribution in [2.24, 2.45) is 5.84 Å². The van der Waals surface area contributed by atoms with Gasteiger partial charge in [0.15, 0.2) is 0 Å². The number of furan rings is 1. The van der Waals surface area contributed by atoms with E-state index in [0.29, 0.717) is 6.42 Å². The van der Waals surface area contributed by atoms with Crippen LogP contribution >= 0.6 is 0 Å². The first-order valence-electron chi connectivity index (χ1n) is 5.02. The second-order valence-electron chi connectivity index (χ2n) is 3.61. The molecule has 0 radical (unpaired) electrons. The summed E-state index contributed by atoms with van der Waals surface area (Å²) >= 11 is 0. The summed E-state index contributed by atoms with van der Waals surface area (Å²) in [5.41, 5.74) is 4.53. The van der Waals surface area contributed by atoms with Crippen LogP contribution in [0.1, 0.15) is 17.2 Å². The van der Waals surface area contributed by atoms with E-state index < -0.39 is 0 Å². The third kappa shape index (κ3) is 2.48. The number of nitrogens with two attached hydrogens (primary N) is 1. The van der Waals surface area contributed by atoms with Crippen LogP contribution in [0.4, 0.5) is 4.39 Å². The first-order chi connectivity index (χ1) is 7.79. The van der Waals surface area contributed by atoms with Crippen LogP contribution in [0.2, 0.25) is 0 Å². The highest BCUT2D eigenvalue weighted by atomic mass is 19.1. The molecule has 84 valence electrons. The summed E-state index contributed by atoms with van der Waals surface area (Å²) in [7, 11) is 0. The smallest absolute Gasteiger partial charge is 0.123 e. The third-order valence-corrected chi connectivity index (χ3v) is 2.48. The monoisotopic (exact) mass is 220 g/mol. The molecule has 0 spiro atoms. The molecule has 3 nitrogen and oxygen atoms in total. The molecule has 0 fully saturated rings. The Labute approximate surface area is 93.0 Å². The Morgan fingerprint density at radius 2 is 2.25 bits per heavy atom. The van der Waals surface area contributed by atoms with Gasteiger partial charge in [0.05, 0.1) is 18.6 Å². The number of hydrazine groups is 1. The molecule has 1 atom stereocenters. The summed E-state index contributed by atoms with van der Waals surface area (Å²) in [6.45, 7) is 0. The fourth-order valence-electron chi connectivity index (χ4n) is 1.65. The minimum absolute atomic E-state index is 0.0689. The Bertz CT molecular complexity index is 442. The van der Waals surface area contributed by atoms with Gasteiger partial charge in [-0.3, -0.25) is 11.3 Å². The second-order valence-corrected chi connectivity index (χ2v) is 3.61. The molecule has 1 unspecified atom stereocenters. The van der Waals surface area contributed by atoms with Crippen molar-refractivity contribution < 1.29 is 8.81 Å². The Kier molecular flexibility index (Phi) is 3.34. The molecule has 1 aromatic heterocycles. The van der Waals surface area contributed by atoms with Crippen LogP contribution in [-0.2, 0) is 6.42 Å². The van der Waals surface area contributed by atoms with Crippen molar-refractivity contribution in [2.45, 2.75) is 12.5 Å². The van der Waals surface area contributed by atoms with Crippen molar-refractivity contribution in [3.05, 3.63) is 59.8 Å². The number of nitrogens with one attached hydrogen (secondary N) is 1. The topological polar surface area (TPSA) is 51.2 Å². The minimum atomic E-state index is -0.236. The molecule has 1 aromatic carbocycles. The molecule has 1 heterocycles. The van der Waals surface area contributed by atoms with Gasteiger partial charge in [-0.05, 0) is 30.2 Å². The van der Waals surface area contributed by atoms with Gasteiger partial charge in [0.2, 0.25) is 0 Å². The average Bonchev–Trinajstić information content (AvgIpc) is 2.79. The highest BCUT2D eigenvalue weighted by molar-refractivity contribution is 5.21. The zero-order valence-electron chi connectivity index (χ0n) is 8.69.